The molecule has 1 fully saturated rings. The van der Waals surface area contributed by atoms with Crippen LogP contribution in [0.15, 0.2) is 53.9 Å². The maximum Gasteiger partial charge on any atom is 0.230 e. The Labute approximate surface area is 202 Å². The van der Waals surface area contributed by atoms with Crippen molar-refractivity contribution in [1.29, 1.82) is 0 Å². The highest BCUT2D eigenvalue weighted by Crippen LogP contribution is 2.23. The van der Waals surface area contributed by atoms with E-state index in [-0.39, 0.29) is 23.4 Å². The molecular weight excluding hydrogens is 455 g/mol. The van der Waals surface area contributed by atoms with E-state index >= 15 is 0 Å². The Kier molecular flexibility index (Phi) is 8.24. The van der Waals surface area contributed by atoms with Crippen LogP contribution >= 0.6 is 11.8 Å². The summed E-state index contributed by atoms with van der Waals surface area (Å²) < 4.78 is 14.9. The first-order chi connectivity index (χ1) is 16.6. The molecule has 0 saturated carbocycles. The van der Waals surface area contributed by atoms with Crippen molar-refractivity contribution in [2.24, 2.45) is 0 Å². The highest BCUT2D eigenvalue weighted by molar-refractivity contribution is 7.99. The fourth-order valence-electron chi connectivity index (χ4n) is 3.80. The van der Waals surface area contributed by atoms with Gasteiger partial charge in [0, 0.05) is 25.7 Å². The van der Waals surface area contributed by atoms with Gasteiger partial charge in [0.05, 0.1) is 24.2 Å². The lowest BCUT2D eigenvalue weighted by Crippen LogP contribution is -2.31. The van der Waals surface area contributed by atoms with Crippen molar-refractivity contribution in [3.8, 4) is 5.69 Å². The SMILES string of the molecule is O=C(CSc1nnc(CN2CCCCCC2=O)n1-c1cccnc1)NCCc1ccc(F)cc1. The van der Waals surface area contributed by atoms with Gasteiger partial charge in [0.2, 0.25) is 11.8 Å². The topological polar surface area (TPSA) is 93.0 Å². The van der Waals surface area contributed by atoms with E-state index in [2.05, 4.69) is 20.5 Å². The van der Waals surface area contributed by atoms with E-state index in [4.69, 9.17) is 0 Å². The van der Waals surface area contributed by atoms with Crippen molar-refractivity contribution < 1.29 is 14.0 Å². The summed E-state index contributed by atoms with van der Waals surface area (Å²) in [4.78, 5) is 30.9. The summed E-state index contributed by atoms with van der Waals surface area (Å²) >= 11 is 1.28. The van der Waals surface area contributed by atoms with E-state index in [1.54, 1.807) is 24.5 Å². The maximum atomic E-state index is 13.0. The summed E-state index contributed by atoms with van der Waals surface area (Å²) in [5.41, 5.74) is 1.74. The third-order valence-electron chi connectivity index (χ3n) is 5.59. The van der Waals surface area contributed by atoms with Gasteiger partial charge in [-0.3, -0.25) is 19.1 Å². The van der Waals surface area contributed by atoms with Gasteiger partial charge in [0.25, 0.3) is 0 Å². The molecule has 4 rings (SSSR count). The number of carbonyl (C=O) groups excluding carboxylic acids is 2. The molecule has 0 atom stereocenters. The van der Waals surface area contributed by atoms with Crippen molar-refractivity contribution in [3.63, 3.8) is 0 Å². The third kappa shape index (κ3) is 6.40. The summed E-state index contributed by atoms with van der Waals surface area (Å²) in [5.74, 6) is 0.541. The van der Waals surface area contributed by atoms with Gasteiger partial charge in [0.15, 0.2) is 11.0 Å². The first-order valence-electron chi connectivity index (χ1n) is 11.4. The number of benzene rings is 1. The smallest absolute Gasteiger partial charge is 0.230 e. The van der Waals surface area contributed by atoms with Gasteiger partial charge < -0.3 is 10.2 Å². The molecule has 1 aliphatic rings. The number of nitrogens with one attached hydrogen (secondary N) is 1. The minimum Gasteiger partial charge on any atom is -0.355 e. The molecule has 178 valence electrons. The standard InChI is InChI=1S/C24H27FN6O2S/c25-19-9-7-18(8-10-19)11-13-27-22(32)17-34-24-29-28-21(31(24)20-5-4-12-26-15-20)16-30-14-3-1-2-6-23(30)33/h4-5,7-10,12,15H,1-3,6,11,13-14,16-17H2,(H,27,32). The molecular formula is C24H27FN6O2S. The van der Waals surface area contributed by atoms with Gasteiger partial charge in [-0.05, 0) is 49.1 Å². The number of hydrogen-bond acceptors (Lipinski definition) is 6. The molecule has 10 heteroatoms. The molecule has 1 aromatic carbocycles. The van der Waals surface area contributed by atoms with Gasteiger partial charge in [-0.2, -0.15) is 0 Å². The Balaban J connectivity index is 1.40. The normalized spacial score (nSPS) is 14.1. The zero-order valence-corrected chi connectivity index (χ0v) is 19.6. The Morgan fingerprint density at radius 2 is 1.97 bits per heavy atom. The lowest BCUT2D eigenvalue weighted by molar-refractivity contribution is -0.131. The van der Waals surface area contributed by atoms with Crippen LogP contribution in [-0.4, -0.2) is 55.3 Å². The largest absolute Gasteiger partial charge is 0.355 e. The van der Waals surface area contributed by atoms with Crippen molar-refractivity contribution in [2.75, 3.05) is 18.8 Å². The second kappa shape index (κ2) is 11.7. The molecule has 3 heterocycles. The Hall–Kier alpha value is -3.27. The summed E-state index contributed by atoms with van der Waals surface area (Å²) in [5, 5.41) is 12.1. The number of nitrogens with zero attached hydrogens (tertiary/aromatic N) is 5. The quantitative estimate of drug-likeness (QED) is 0.471. The summed E-state index contributed by atoms with van der Waals surface area (Å²) in [6.45, 7) is 1.53. The summed E-state index contributed by atoms with van der Waals surface area (Å²) in [7, 11) is 0. The maximum absolute atomic E-state index is 13.0. The average molecular weight is 483 g/mol. The van der Waals surface area contributed by atoms with Crippen molar-refractivity contribution in [3.05, 3.63) is 66.0 Å². The van der Waals surface area contributed by atoms with E-state index in [1.165, 1.54) is 23.9 Å². The van der Waals surface area contributed by atoms with Crippen LogP contribution in [0, 0.1) is 5.82 Å². The second-order valence-corrected chi connectivity index (χ2v) is 9.03. The fraction of sp³-hybridized carbons (Fsp3) is 0.375. The van der Waals surface area contributed by atoms with E-state index in [9.17, 15) is 14.0 Å². The predicted octanol–water partition coefficient (Wildman–Crippen LogP) is 3.16. The Morgan fingerprint density at radius 3 is 2.76 bits per heavy atom. The van der Waals surface area contributed by atoms with Crippen molar-refractivity contribution >= 4 is 23.6 Å². The van der Waals surface area contributed by atoms with E-state index in [0.717, 1.165) is 30.5 Å². The van der Waals surface area contributed by atoms with Gasteiger partial charge in [0.1, 0.15) is 5.82 Å². The second-order valence-electron chi connectivity index (χ2n) is 8.09. The van der Waals surface area contributed by atoms with Gasteiger partial charge >= 0.3 is 0 Å². The zero-order valence-electron chi connectivity index (χ0n) is 18.8. The lowest BCUT2D eigenvalue weighted by atomic mass is 10.1. The number of rotatable bonds is 9. The minimum atomic E-state index is -0.276. The van der Waals surface area contributed by atoms with Crippen LogP contribution in [0.25, 0.3) is 5.69 Å². The molecule has 0 aliphatic carbocycles. The zero-order chi connectivity index (χ0) is 23.8. The molecule has 0 bridgehead atoms. The number of likely N-dealkylation sites (tertiary alicyclic amines) is 1. The number of pyridine rings is 1. The molecule has 2 amide bonds. The highest BCUT2D eigenvalue weighted by Gasteiger charge is 2.22. The Morgan fingerprint density at radius 1 is 1.12 bits per heavy atom. The molecule has 0 unspecified atom stereocenters. The first kappa shape index (κ1) is 23.9. The minimum absolute atomic E-state index is 0.128. The number of amides is 2. The predicted molar refractivity (Wildman–Crippen MR) is 127 cm³/mol. The Bertz CT molecular complexity index is 1110. The van der Waals surface area contributed by atoms with Crippen LogP contribution in [-0.2, 0) is 22.6 Å². The van der Waals surface area contributed by atoms with Crippen LogP contribution in [0.1, 0.15) is 37.1 Å². The third-order valence-corrected chi connectivity index (χ3v) is 6.52. The first-order valence-corrected chi connectivity index (χ1v) is 12.3. The van der Waals surface area contributed by atoms with Gasteiger partial charge in [-0.1, -0.05) is 30.3 Å². The molecule has 2 aromatic heterocycles. The molecule has 1 saturated heterocycles. The fourth-order valence-corrected chi connectivity index (χ4v) is 4.60. The molecule has 1 N–H and O–H groups in total. The molecule has 8 nitrogen and oxygen atoms in total. The summed E-state index contributed by atoms with van der Waals surface area (Å²) in [6, 6.07) is 9.97. The molecule has 3 aromatic rings. The molecule has 0 radical (unpaired) electrons. The van der Waals surface area contributed by atoms with Crippen LogP contribution < -0.4 is 5.32 Å². The van der Waals surface area contributed by atoms with Crippen LogP contribution in [0.3, 0.4) is 0 Å². The summed E-state index contributed by atoms with van der Waals surface area (Å²) in [6.07, 6.45) is 7.53. The van der Waals surface area contributed by atoms with Crippen LogP contribution in [0.5, 0.6) is 0 Å². The van der Waals surface area contributed by atoms with Crippen molar-refractivity contribution in [2.45, 2.75) is 43.8 Å². The number of carbonyl (C=O) groups is 2. The number of thioether (sulfide) groups is 1. The monoisotopic (exact) mass is 482 g/mol. The number of hydrogen-bond donors (Lipinski definition) is 1. The van der Waals surface area contributed by atoms with E-state index in [0.29, 0.717) is 43.5 Å². The molecule has 1 aliphatic heterocycles. The van der Waals surface area contributed by atoms with E-state index in [1.807, 2.05) is 21.6 Å². The van der Waals surface area contributed by atoms with Gasteiger partial charge in [-0.25, -0.2) is 4.39 Å². The number of halogens is 1. The molecule has 34 heavy (non-hydrogen) atoms. The highest BCUT2D eigenvalue weighted by atomic mass is 32.2. The van der Waals surface area contributed by atoms with E-state index < -0.39 is 0 Å². The van der Waals surface area contributed by atoms with Gasteiger partial charge in [-0.15, -0.1) is 10.2 Å². The average Bonchev–Trinajstić information content (AvgIpc) is 3.14. The van der Waals surface area contributed by atoms with Crippen molar-refractivity contribution in [1.82, 2.24) is 30.0 Å². The molecule has 0 spiro atoms. The van der Waals surface area contributed by atoms with Crippen LogP contribution in [0.4, 0.5) is 4.39 Å². The van der Waals surface area contributed by atoms with Crippen LogP contribution in [0.2, 0.25) is 0 Å². The lowest BCUT2D eigenvalue weighted by Gasteiger charge is -2.20. The number of aromatic nitrogens is 4.